The molecule has 1 aromatic heterocycles. The van der Waals surface area contributed by atoms with Crippen LogP contribution in [0, 0.1) is 0 Å². The van der Waals surface area contributed by atoms with Crippen molar-refractivity contribution in [3.8, 4) is 5.75 Å². The van der Waals surface area contributed by atoms with Crippen LogP contribution in [0.1, 0.15) is 31.1 Å². The first-order chi connectivity index (χ1) is 11.5. The maximum absolute atomic E-state index is 12.0. The normalized spacial score (nSPS) is 11.4. The number of hydrogen-bond acceptors (Lipinski definition) is 6. The van der Waals surface area contributed by atoms with Gasteiger partial charge >= 0.3 is 0 Å². The van der Waals surface area contributed by atoms with Crippen molar-refractivity contribution in [2.75, 3.05) is 5.75 Å². The molecule has 2 rings (SSSR count). The van der Waals surface area contributed by atoms with Crippen molar-refractivity contribution in [2.45, 2.75) is 33.0 Å². The Balaban J connectivity index is 1.93. The Labute approximate surface area is 141 Å². The molecule has 0 radical (unpaired) electrons. The molecule has 0 atom stereocenters. The minimum absolute atomic E-state index is 0.0496. The Morgan fingerprint density at radius 3 is 2.54 bits per heavy atom. The van der Waals surface area contributed by atoms with Gasteiger partial charge in [-0.05, 0) is 12.0 Å². The summed E-state index contributed by atoms with van der Waals surface area (Å²) in [5.41, 5.74) is 0.535. The average Bonchev–Trinajstić information content (AvgIpc) is 2.58. The van der Waals surface area contributed by atoms with Gasteiger partial charge in [-0.3, -0.25) is 8.98 Å². The van der Waals surface area contributed by atoms with Crippen molar-refractivity contribution < 1.29 is 21.8 Å². The monoisotopic (exact) mass is 352 g/mol. The van der Waals surface area contributed by atoms with Crippen molar-refractivity contribution in [2.24, 2.45) is 0 Å². The van der Waals surface area contributed by atoms with Gasteiger partial charge in [0.1, 0.15) is 25.2 Å². The maximum atomic E-state index is 12.0. The van der Waals surface area contributed by atoms with Gasteiger partial charge in [0.25, 0.3) is 10.1 Å². The molecule has 7 heteroatoms. The lowest BCUT2D eigenvalue weighted by Crippen LogP contribution is -2.12. The van der Waals surface area contributed by atoms with Crippen molar-refractivity contribution in [1.82, 2.24) is 0 Å². The van der Waals surface area contributed by atoms with Gasteiger partial charge in [-0.15, -0.1) is 0 Å². The van der Waals surface area contributed by atoms with E-state index in [1.165, 1.54) is 12.3 Å². The molecule has 0 aliphatic rings. The van der Waals surface area contributed by atoms with Crippen LogP contribution in [0.3, 0.4) is 0 Å². The average molecular weight is 352 g/mol. The van der Waals surface area contributed by atoms with E-state index in [1.807, 2.05) is 37.3 Å². The first kappa shape index (κ1) is 18.2. The summed E-state index contributed by atoms with van der Waals surface area (Å²) in [6.07, 6.45) is 2.45. The summed E-state index contributed by atoms with van der Waals surface area (Å²) in [4.78, 5) is 12.0. The zero-order chi connectivity index (χ0) is 17.4. The highest BCUT2D eigenvalue weighted by Gasteiger charge is 2.13. The Kier molecular flexibility index (Phi) is 6.57. The molecular formula is C17H20O6S. The number of unbranched alkanes of at least 4 members (excludes halogenated alkanes) is 1. The quantitative estimate of drug-likeness (QED) is 0.645. The Morgan fingerprint density at radius 2 is 1.88 bits per heavy atom. The van der Waals surface area contributed by atoms with Crippen LogP contribution < -0.4 is 10.2 Å². The number of hydrogen-bond donors (Lipinski definition) is 0. The topological polar surface area (TPSA) is 82.8 Å². The molecule has 0 saturated heterocycles. The predicted octanol–water partition coefficient (Wildman–Crippen LogP) is 2.87. The van der Waals surface area contributed by atoms with E-state index >= 15 is 0 Å². The second-order valence-electron chi connectivity index (χ2n) is 5.23. The summed E-state index contributed by atoms with van der Waals surface area (Å²) in [5.74, 6) is 0.148. The van der Waals surface area contributed by atoms with Gasteiger partial charge in [0, 0.05) is 6.07 Å². The minimum atomic E-state index is -3.60. The number of rotatable bonds is 9. The van der Waals surface area contributed by atoms with Gasteiger partial charge in [0.05, 0.1) is 5.75 Å². The lowest BCUT2D eigenvalue weighted by molar-refractivity contribution is 0.257. The molecule has 1 heterocycles. The predicted molar refractivity (Wildman–Crippen MR) is 89.2 cm³/mol. The molecule has 2 aromatic rings. The van der Waals surface area contributed by atoms with E-state index < -0.39 is 10.1 Å². The van der Waals surface area contributed by atoms with E-state index in [2.05, 4.69) is 0 Å². The van der Waals surface area contributed by atoms with Crippen LogP contribution in [0.4, 0.5) is 0 Å². The van der Waals surface area contributed by atoms with Crippen molar-refractivity contribution in [3.05, 3.63) is 64.2 Å². The van der Waals surface area contributed by atoms with E-state index in [9.17, 15) is 13.2 Å². The zero-order valence-electron chi connectivity index (χ0n) is 13.4. The Hall–Kier alpha value is -2.12. The van der Waals surface area contributed by atoms with E-state index in [4.69, 9.17) is 13.3 Å². The lowest BCUT2D eigenvalue weighted by atomic mass is 10.2. The first-order valence-electron chi connectivity index (χ1n) is 7.66. The fourth-order valence-electron chi connectivity index (χ4n) is 1.88. The molecule has 0 aliphatic carbocycles. The first-order valence-corrected chi connectivity index (χ1v) is 9.23. The van der Waals surface area contributed by atoms with Crippen LogP contribution in [0.15, 0.2) is 51.9 Å². The van der Waals surface area contributed by atoms with Gasteiger partial charge in [-0.1, -0.05) is 43.7 Å². The highest BCUT2D eigenvalue weighted by atomic mass is 32.2. The molecule has 0 spiro atoms. The molecule has 0 bridgehead atoms. The minimum Gasteiger partial charge on any atom is -0.482 e. The SMILES string of the molecule is CCCCS(=O)(=O)OCc1cc(=O)c(OCc2ccccc2)co1. The third-order valence-electron chi connectivity index (χ3n) is 3.22. The van der Waals surface area contributed by atoms with Crippen molar-refractivity contribution in [3.63, 3.8) is 0 Å². The van der Waals surface area contributed by atoms with Crippen LogP contribution in [0.25, 0.3) is 0 Å². The van der Waals surface area contributed by atoms with Crippen molar-refractivity contribution >= 4 is 10.1 Å². The smallest absolute Gasteiger partial charge is 0.267 e. The summed E-state index contributed by atoms with van der Waals surface area (Å²) >= 11 is 0. The van der Waals surface area contributed by atoms with E-state index in [0.29, 0.717) is 6.42 Å². The van der Waals surface area contributed by atoms with Crippen molar-refractivity contribution in [1.29, 1.82) is 0 Å². The molecule has 0 N–H and O–H groups in total. The highest BCUT2D eigenvalue weighted by Crippen LogP contribution is 2.11. The molecule has 0 unspecified atom stereocenters. The van der Waals surface area contributed by atoms with Crippen LogP contribution in [0.2, 0.25) is 0 Å². The molecule has 24 heavy (non-hydrogen) atoms. The fourth-order valence-corrected chi connectivity index (χ4v) is 2.94. The van der Waals surface area contributed by atoms with Crippen LogP contribution in [-0.4, -0.2) is 14.2 Å². The van der Waals surface area contributed by atoms with Crippen LogP contribution in [0.5, 0.6) is 5.75 Å². The number of benzene rings is 1. The van der Waals surface area contributed by atoms with E-state index in [0.717, 1.165) is 12.0 Å². The van der Waals surface area contributed by atoms with Gasteiger partial charge in [-0.25, -0.2) is 0 Å². The Morgan fingerprint density at radius 1 is 1.12 bits per heavy atom. The second-order valence-corrected chi connectivity index (χ2v) is 6.99. The summed E-state index contributed by atoms with van der Waals surface area (Å²) < 4.78 is 38.7. The molecular weight excluding hydrogens is 332 g/mol. The lowest BCUT2D eigenvalue weighted by Gasteiger charge is -2.07. The molecule has 0 saturated carbocycles. The van der Waals surface area contributed by atoms with E-state index in [-0.39, 0.29) is 35.9 Å². The van der Waals surface area contributed by atoms with Crippen LogP contribution in [-0.2, 0) is 27.5 Å². The summed E-state index contributed by atoms with van der Waals surface area (Å²) in [6, 6.07) is 10.6. The Bertz CT molecular complexity index is 795. The van der Waals surface area contributed by atoms with Gasteiger partial charge < -0.3 is 9.15 Å². The zero-order valence-corrected chi connectivity index (χ0v) is 14.3. The molecule has 1 aromatic carbocycles. The molecule has 130 valence electrons. The number of ether oxygens (including phenoxy) is 1. The molecule has 0 fully saturated rings. The standard InChI is InChI=1S/C17H20O6S/c1-2-3-9-24(19,20)23-12-15-10-16(18)17(13-21-15)22-11-14-7-5-4-6-8-14/h4-8,10,13H,2-3,9,11-12H2,1H3. The molecule has 0 amide bonds. The molecule has 0 aliphatic heterocycles. The van der Waals surface area contributed by atoms with Crippen LogP contribution >= 0.6 is 0 Å². The fraction of sp³-hybridized carbons (Fsp3) is 0.353. The summed E-state index contributed by atoms with van der Waals surface area (Å²) in [7, 11) is -3.60. The third-order valence-corrected chi connectivity index (χ3v) is 4.48. The summed E-state index contributed by atoms with van der Waals surface area (Å²) in [5, 5.41) is 0. The van der Waals surface area contributed by atoms with Gasteiger partial charge in [0.2, 0.25) is 11.2 Å². The molecule has 6 nitrogen and oxygen atoms in total. The highest BCUT2D eigenvalue weighted by molar-refractivity contribution is 7.86. The van der Waals surface area contributed by atoms with E-state index in [1.54, 1.807) is 0 Å². The van der Waals surface area contributed by atoms with Gasteiger partial charge in [-0.2, -0.15) is 8.42 Å². The van der Waals surface area contributed by atoms with Gasteiger partial charge in [0.15, 0.2) is 0 Å². The second kappa shape index (κ2) is 8.65. The maximum Gasteiger partial charge on any atom is 0.267 e. The third kappa shape index (κ3) is 5.82. The summed E-state index contributed by atoms with van der Waals surface area (Å²) in [6.45, 7) is 1.83. The largest absolute Gasteiger partial charge is 0.482 e.